The highest BCUT2D eigenvalue weighted by molar-refractivity contribution is 6.01. The molecule has 0 saturated carbocycles. The van der Waals surface area contributed by atoms with Crippen molar-refractivity contribution in [3.63, 3.8) is 0 Å². The largest absolute Gasteiger partial charge is 0.456 e. The van der Waals surface area contributed by atoms with Gasteiger partial charge in [0.2, 0.25) is 0 Å². The first-order chi connectivity index (χ1) is 9.48. The molecule has 0 N–H and O–H groups in total. The molecule has 0 amide bonds. The van der Waals surface area contributed by atoms with E-state index >= 15 is 0 Å². The van der Waals surface area contributed by atoms with Crippen LogP contribution in [0, 0.1) is 12.3 Å². The second-order valence-electron chi connectivity index (χ2n) is 7.56. The summed E-state index contributed by atoms with van der Waals surface area (Å²) in [6.45, 7) is 11.4. The zero-order valence-corrected chi connectivity index (χ0v) is 13.7. The molecule has 21 heavy (non-hydrogen) atoms. The highest BCUT2D eigenvalue weighted by Crippen LogP contribution is 2.34. The van der Waals surface area contributed by atoms with Crippen LogP contribution >= 0.6 is 0 Å². The number of hydrogen-bond acceptors (Lipinski definition) is 4. The molecule has 0 aliphatic heterocycles. The van der Waals surface area contributed by atoms with Crippen molar-refractivity contribution in [1.29, 1.82) is 0 Å². The molecule has 1 aliphatic carbocycles. The van der Waals surface area contributed by atoms with E-state index in [2.05, 4.69) is 18.8 Å². The van der Waals surface area contributed by atoms with E-state index < -0.39 is 11.6 Å². The van der Waals surface area contributed by atoms with Gasteiger partial charge >= 0.3 is 5.97 Å². The Balaban J connectivity index is 2.42. The SMILES string of the molecule is Cc1nc2c(cc1C(=O)OC(C)(C)C)C(=O)CC(C)(C)C2. The Morgan fingerprint density at radius 1 is 1.29 bits per heavy atom. The molecule has 1 aliphatic rings. The summed E-state index contributed by atoms with van der Waals surface area (Å²) in [7, 11) is 0. The molecule has 4 nitrogen and oxygen atoms in total. The molecule has 0 saturated heterocycles. The maximum absolute atomic E-state index is 12.3. The van der Waals surface area contributed by atoms with Gasteiger partial charge in [-0.15, -0.1) is 0 Å². The van der Waals surface area contributed by atoms with E-state index in [9.17, 15) is 9.59 Å². The van der Waals surface area contributed by atoms with Gasteiger partial charge < -0.3 is 4.74 Å². The van der Waals surface area contributed by atoms with E-state index in [1.807, 2.05) is 20.8 Å². The number of rotatable bonds is 1. The molecule has 2 rings (SSSR count). The number of esters is 1. The number of ketones is 1. The van der Waals surface area contributed by atoms with Crippen molar-refractivity contribution >= 4 is 11.8 Å². The van der Waals surface area contributed by atoms with Gasteiger partial charge in [-0.05, 0) is 45.6 Å². The minimum absolute atomic E-state index is 0.0542. The zero-order chi connectivity index (χ0) is 16.0. The van der Waals surface area contributed by atoms with Crippen LogP contribution in [-0.4, -0.2) is 22.3 Å². The summed E-state index contributed by atoms with van der Waals surface area (Å²) < 4.78 is 5.38. The van der Waals surface area contributed by atoms with E-state index in [4.69, 9.17) is 4.74 Å². The third-order valence-electron chi connectivity index (χ3n) is 3.50. The van der Waals surface area contributed by atoms with Crippen molar-refractivity contribution in [3.8, 4) is 0 Å². The van der Waals surface area contributed by atoms with Crippen molar-refractivity contribution < 1.29 is 14.3 Å². The number of Topliss-reactive ketones (excluding diaryl/α,β-unsaturated/α-hetero) is 1. The molecular weight excluding hydrogens is 266 g/mol. The average molecular weight is 289 g/mol. The normalized spacial score (nSPS) is 17.3. The van der Waals surface area contributed by atoms with Crippen molar-refractivity contribution in [3.05, 3.63) is 28.6 Å². The molecule has 1 aromatic rings. The van der Waals surface area contributed by atoms with Crippen LogP contribution < -0.4 is 0 Å². The van der Waals surface area contributed by atoms with Crippen molar-refractivity contribution in [2.45, 2.75) is 60.0 Å². The molecule has 0 fully saturated rings. The van der Waals surface area contributed by atoms with E-state index in [0.717, 1.165) is 12.1 Å². The Kier molecular flexibility index (Phi) is 3.68. The topological polar surface area (TPSA) is 56.3 Å². The van der Waals surface area contributed by atoms with Gasteiger partial charge in [-0.1, -0.05) is 13.8 Å². The second-order valence-corrected chi connectivity index (χ2v) is 7.56. The van der Waals surface area contributed by atoms with Crippen LogP contribution in [0.2, 0.25) is 0 Å². The second kappa shape index (κ2) is 4.93. The number of aryl methyl sites for hydroxylation is 1. The monoisotopic (exact) mass is 289 g/mol. The van der Waals surface area contributed by atoms with Gasteiger partial charge in [-0.25, -0.2) is 4.79 Å². The molecule has 0 radical (unpaired) electrons. The molecule has 114 valence electrons. The Hall–Kier alpha value is -1.71. The molecule has 0 unspecified atom stereocenters. The first-order valence-corrected chi connectivity index (χ1v) is 7.26. The van der Waals surface area contributed by atoms with Crippen molar-refractivity contribution in [1.82, 2.24) is 4.98 Å². The number of hydrogen-bond donors (Lipinski definition) is 0. The minimum atomic E-state index is -0.564. The first kappa shape index (κ1) is 15.7. The van der Waals surface area contributed by atoms with Gasteiger partial charge in [0.1, 0.15) is 5.60 Å². The zero-order valence-electron chi connectivity index (χ0n) is 13.7. The van der Waals surface area contributed by atoms with Gasteiger partial charge in [0.25, 0.3) is 0 Å². The van der Waals surface area contributed by atoms with Crippen LogP contribution in [0.25, 0.3) is 0 Å². The van der Waals surface area contributed by atoms with Gasteiger partial charge in [0.15, 0.2) is 5.78 Å². The van der Waals surface area contributed by atoms with Gasteiger partial charge in [-0.2, -0.15) is 0 Å². The summed E-state index contributed by atoms with van der Waals surface area (Å²) in [6, 6.07) is 1.66. The maximum atomic E-state index is 12.3. The molecular formula is C17H23NO3. The third-order valence-corrected chi connectivity index (χ3v) is 3.50. The number of fused-ring (bicyclic) bond motifs is 1. The lowest BCUT2D eigenvalue weighted by Crippen LogP contribution is -2.29. The van der Waals surface area contributed by atoms with Crippen molar-refractivity contribution in [2.24, 2.45) is 5.41 Å². The number of carbonyl (C=O) groups excluding carboxylic acids is 2. The van der Waals surface area contributed by atoms with Crippen LogP contribution in [0.5, 0.6) is 0 Å². The molecule has 1 heterocycles. The average Bonchev–Trinajstić information content (AvgIpc) is 2.23. The first-order valence-electron chi connectivity index (χ1n) is 7.26. The summed E-state index contributed by atoms with van der Waals surface area (Å²) in [6.07, 6.45) is 1.24. The number of pyridine rings is 1. The summed E-state index contributed by atoms with van der Waals surface area (Å²) in [5.74, 6) is -0.369. The van der Waals surface area contributed by atoms with Crippen LogP contribution in [0.4, 0.5) is 0 Å². The predicted octanol–water partition coefficient (Wildman–Crippen LogP) is 3.50. The Morgan fingerprint density at radius 2 is 1.90 bits per heavy atom. The molecule has 0 bridgehead atoms. The van der Waals surface area contributed by atoms with E-state index in [1.54, 1.807) is 13.0 Å². The standard InChI is InChI=1S/C17H23NO3/c1-10-11(15(20)21-16(2,3)4)7-12-13(18-10)8-17(5,6)9-14(12)19/h7H,8-9H2,1-6H3. The van der Waals surface area contributed by atoms with Crippen LogP contribution in [0.3, 0.4) is 0 Å². The fraction of sp³-hybridized carbons (Fsp3) is 0.588. The highest BCUT2D eigenvalue weighted by Gasteiger charge is 2.33. The summed E-state index contributed by atoms with van der Waals surface area (Å²) >= 11 is 0. The number of aromatic nitrogens is 1. The van der Waals surface area contributed by atoms with Crippen molar-refractivity contribution in [2.75, 3.05) is 0 Å². The number of carbonyl (C=O) groups is 2. The van der Waals surface area contributed by atoms with E-state index in [-0.39, 0.29) is 11.2 Å². The quantitative estimate of drug-likeness (QED) is 0.742. The lowest BCUT2D eigenvalue weighted by atomic mass is 9.75. The molecule has 4 heteroatoms. The van der Waals surface area contributed by atoms with Gasteiger partial charge in [0.05, 0.1) is 17.0 Å². The minimum Gasteiger partial charge on any atom is -0.456 e. The van der Waals surface area contributed by atoms with Gasteiger partial charge in [0, 0.05) is 12.0 Å². The van der Waals surface area contributed by atoms with E-state index in [1.165, 1.54) is 0 Å². The lowest BCUT2D eigenvalue weighted by Gasteiger charge is -2.30. The molecule has 1 aromatic heterocycles. The van der Waals surface area contributed by atoms with Crippen LogP contribution in [0.1, 0.15) is 73.1 Å². The molecule has 0 aromatic carbocycles. The van der Waals surface area contributed by atoms with Gasteiger partial charge in [-0.3, -0.25) is 9.78 Å². The predicted molar refractivity (Wildman–Crippen MR) is 80.6 cm³/mol. The number of ether oxygens (including phenoxy) is 1. The Morgan fingerprint density at radius 3 is 2.48 bits per heavy atom. The van der Waals surface area contributed by atoms with Crippen LogP contribution in [-0.2, 0) is 11.2 Å². The van der Waals surface area contributed by atoms with Crippen LogP contribution in [0.15, 0.2) is 6.07 Å². The lowest BCUT2D eigenvalue weighted by molar-refractivity contribution is 0.00682. The Bertz CT molecular complexity index is 609. The summed E-state index contributed by atoms with van der Waals surface area (Å²) in [5, 5.41) is 0. The molecule has 0 spiro atoms. The maximum Gasteiger partial charge on any atom is 0.340 e. The third kappa shape index (κ3) is 3.49. The summed E-state index contributed by atoms with van der Waals surface area (Å²) in [4.78, 5) is 29.0. The fourth-order valence-electron chi connectivity index (χ4n) is 2.62. The molecule has 0 atom stereocenters. The smallest absolute Gasteiger partial charge is 0.340 e. The highest BCUT2D eigenvalue weighted by atomic mass is 16.6. The Labute approximate surface area is 125 Å². The number of nitrogens with zero attached hydrogens (tertiary/aromatic N) is 1. The fourth-order valence-corrected chi connectivity index (χ4v) is 2.62. The van der Waals surface area contributed by atoms with E-state index in [0.29, 0.717) is 23.2 Å². The summed E-state index contributed by atoms with van der Waals surface area (Å²) in [5.41, 5.74) is 1.73.